The Hall–Kier alpha value is -3.44. The van der Waals surface area contributed by atoms with E-state index in [0.29, 0.717) is 0 Å². The minimum atomic E-state index is 0.865. The van der Waals surface area contributed by atoms with Crippen LogP contribution in [0.2, 0.25) is 0 Å². The molecule has 1 heterocycles. The minimum Gasteiger partial charge on any atom is -0.497 e. The Bertz CT molecular complexity index is 1220. The number of rotatable bonds is 13. The molecule has 4 aromatic rings. The zero-order valence-corrected chi connectivity index (χ0v) is 22.8. The van der Waals surface area contributed by atoms with E-state index in [0.717, 1.165) is 60.9 Å². The van der Waals surface area contributed by atoms with Crippen LogP contribution in [0.3, 0.4) is 0 Å². The summed E-state index contributed by atoms with van der Waals surface area (Å²) < 4.78 is 7.32. The van der Waals surface area contributed by atoms with Crippen molar-refractivity contribution in [3.05, 3.63) is 84.1 Å². The number of aromatic nitrogens is 3. The zero-order chi connectivity index (χ0) is 26.0. The first-order valence-electron chi connectivity index (χ1n) is 13.7. The van der Waals surface area contributed by atoms with E-state index in [1.54, 1.807) is 7.11 Å². The molecule has 0 atom stereocenters. The molecule has 3 aromatic carbocycles. The molecule has 4 rings (SSSR count). The summed E-state index contributed by atoms with van der Waals surface area (Å²) in [5.74, 6) is 0.865. The van der Waals surface area contributed by atoms with Crippen molar-refractivity contribution in [3.63, 3.8) is 0 Å². The van der Waals surface area contributed by atoms with Crippen LogP contribution in [0.4, 0.5) is 0 Å². The first-order chi connectivity index (χ1) is 18.2. The number of hydrogen-bond donors (Lipinski definition) is 0. The smallest absolute Gasteiger partial charge is 0.118 e. The van der Waals surface area contributed by atoms with Crippen molar-refractivity contribution < 1.29 is 4.74 Å². The van der Waals surface area contributed by atoms with Crippen molar-refractivity contribution in [3.8, 4) is 33.8 Å². The Morgan fingerprint density at radius 1 is 0.730 bits per heavy atom. The summed E-state index contributed by atoms with van der Waals surface area (Å²) in [5.41, 5.74) is 8.01. The van der Waals surface area contributed by atoms with Gasteiger partial charge in [0.25, 0.3) is 0 Å². The topological polar surface area (TPSA) is 43.2 Å². The van der Waals surface area contributed by atoms with Gasteiger partial charge in [-0.3, -0.25) is 0 Å². The predicted molar refractivity (Wildman–Crippen MR) is 154 cm³/mol. The third-order valence-electron chi connectivity index (χ3n) is 7.13. The lowest BCUT2D eigenvalue weighted by Crippen LogP contribution is -2.25. The fourth-order valence-electron chi connectivity index (χ4n) is 4.74. The second-order valence-electron chi connectivity index (χ2n) is 9.50. The number of likely N-dealkylation sites (N-methyl/N-ethyl adjacent to an activating group) is 1. The highest BCUT2D eigenvalue weighted by Gasteiger charge is 2.17. The molecule has 0 saturated carbocycles. The zero-order valence-electron chi connectivity index (χ0n) is 22.8. The van der Waals surface area contributed by atoms with E-state index >= 15 is 0 Å². The van der Waals surface area contributed by atoms with Crippen molar-refractivity contribution in [2.24, 2.45) is 0 Å². The SMILES string of the molecule is CCCCCc1ccc(-n2nnc(CCN(CC)CC)c2-c2ccc(-c3ccc(OC)cc3)cc2)cc1. The van der Waals surface area contributed by atoms with E-state index in [1.807, 2.05) is 16.8 Å². The number of nitrogens with zero attached hydrogens (tertiary/aromatic N) is 4. The summed E-state index contributed by atoms with van der Waals surface area (Å²) in [6.45, 7) is 9.71. The van der Waals surface area contributed by atoms with Crippen molar-refractivity contribution in [1.29, 1.82) is 0 Å². The van der Waals surface area contributed by atoms with Crippen LogP contribution in [0.1, 0.15) is 51.3 Å². The molecular weight excluding hydrogens is 456 g/mol. The highest BCUT2D eigenvalue weighted by molar-refractivity contribution is 5.71. The van der Waals surface area contributed by atoms with Gasteiger partial charge in [-0.1, -0.05) is 87.4 Å². The molecule has 0 saturated heterocycles. The molecule has 0 amide bonds. The summed E-state index contributed by atoms with van der Waals surface area (Å²) >= 11 is 0. The lowest BCUT2D eigenvalue weighted by atomic mass is 10.0. The summed E-state index contributed by atoms with van der Waals surface area (Å²) in [4.78, 5) is 2.43. The van der Waals surface area contributed by atoms with E-state index in [4.69, 9.17) is 4.74 Å². The van der Waals surface area contributed by atoms with Crippen LogP contribution in [0.15, 0.2) is 72.8 Å². The quantitative estimate of drug-likeness (QED) is 0.183. The lowest BCUT2D eigenvalue weighted by molar-refractivity contribution is 0.307. The van der Waals surface area contributed by atoms with Gasteiger partial charge < -0.3 is 9.64 Å². The van der Waals surface area contributed by atoms with Gasteiger partial charge >= 0.3 is 0 Å². The van der Waals surface area contributed by atoms with Gasteiger partial charge in [0.05, 0.1) is 24.2 Å². The van der Waals surface area contributed by atoms with Gasteiger partial charge in [-0.25, -0.2) is 4.68 Å². The first kappa shape index (κ1) is 26.6. The van der Waals surface area contributed by atoms with Crippen LogP contribution in [0.5, 0.6) is 5.75 Å². The standard InChI is InChI=1S/C32H40N4O/c1-5-8-9-10-25-11-19-29(20-12-25)36-32(31(33-34-36)23-24-35(6-2)7-3)28-15-13-26(14-16-28)27-17-21-30(37-4)22-18-27/h11-22H,5-10,23-24H2,1-4H3. The molecule has 0 aliphatic heterocycles. The highest BCUT2D eigenvalue weighted by atomic mass is 16.5. The Balaban J connectivity index is 1.65. The maximum Gasteiger partial charge on any atom is 0.118 e. The number of benzene rings is 3. The second-order valence-corrected chi connectivity index (χ2v) is 9.50. The van der Waals surface area contributed by atoms with Gasteiger partial charge in [0.2, 0.25) is 0 Å². The number of ether oxygens (including phenoxy) is 1. The van der Waals surface area contributed by atoms with E-state index in [1.165, 1.54) is 36.0 Å². The first-order valence-corrected chi connectivity index (χ1v) is 13.7. The fraction of sp³-hybridized carbons (Fsp3) is 0.375. The van der Waals surface area contributed by atoms with E-state index in [9.17, 15) is 0 Å². The second kappa shape index (κ2) is 13.2. The molecule has 0 radical (unpaired) electrons. The van der Waals surface area contributed by atoms with Gasteiger partial charge in [0, 0.05) is 18.5 Å². The van der Waals surface area contributed by atoms with Gasteiger partial charge in [0.15, 0.2) is 0 Å². The largest absolute Gasteiger partial charge is 0.497 e. The Morgan fingerprint density at radius 3 is 1.95 bits per heavy atom. The molecule has 0 unspecified atom stereocenters. The van der Waals surface area contributed by atoms with Crippen LogP contribution >= 0.6 is 0 Å². The van der Waals surface area contributed by atoms with Crippen LogP contribution in [-0.4, -0.2) is 46.6 Å². The normalized spacial score (nSPS) is 11.3. The van der Waals surface area contributed by atoms with Gasteiger partial charge in [-0.15, -0.1) is 5.10 Å². The molecule has 1 aromatic heterocycles. The summed E-state index contributed by atoms with van der Waals surface area (Å²) in [5, 5.41) is 9.30. The maximum absolute atomic E-state index is 5.31. The molecule has 0 aliphatic carbocycles. The third-order valence-corrected chi connectivity index (χ3v) is 7.13. The van der Waals surface area contributed by atoms with Crippen molar-refractivity contribution >= 4 is 0 Å². The van der Waals surface area contributed by atoms with Gasteiger partial charge in [-0.05, 0) is 66.9 Å². The Labute approximate surface area is 222 Å². The lowest BCUT2D eigenvalue weighted by Gasteiger charge is -2.17. The Morgan fingerprint density at radius 2 is 1.35 bits per heavy atom. The highest BCUT2D eigenvalue weighted by Crippen LogP contribution is 2.29. The van der Waals surface area contributed by atoms with Crippen LogP contribution in [0, 0.1) is 0 Å². The molecule has 0 spiro atoms. The molecule has 37 heavy (non-hydrogen) atoms. The average Bonchev–Trinajstić information content (AvgIpc) is 3.38. The van der Waals surface area contributed by atoms with E-state index < -0.39 is 0 Å². The number of aryl methyl sites for hydroxylation is 1. The van der Waals surface area contributed by atoms with Crippen molar-refractivity contribution in [2.75, 3.05) is 26.7 Å². The minimum absolute atomic E-state index is 0.865. The predicted octanol–water partition coefficient (Wildman–Crippen LogP) is 7.23. The monoisotopic (exact) mass is 496 g/mol. The summed E-state index contributed by atoms with van der Waals surface area (Å²) in [7, 11) is 1.69. The van der Waals surface area contributed by atoms with Crippen molar-refractivity contribution in [1.82, 2.24) is 19.9 Å². The molecule has 0 bridgehead atoms. The summed E-state index contributed by atoms with van der Waals surface area (Å²) in [6, 6.07) is 25.8. The number of hydrogen-bond acceptors (Lipinski definition) is 4. The molecule has 5 nitrogen and oxygen atoms in total. The molecular formula is C32H40N4O. The van der Waals surface area contributed by atoms with E-state index in [2.05, 4.69) is 96.6 Å². The van der Waals surface area contributed by atoms with Gasteiger partial charge in [-0.2, -0.15) is 0 Å². The fourth-order valence-corrected chi connectivity index (χ4v) is 4.74. The van der Waals surface area contributed by atoms with E-state index in [-0.39, 0.29) is 0 Å². The van der Waals surface area contributed by atoms with Gasteiger partial charge in [0.1, 0.15) is 5.75 Å². The molecule has 194 valence electrons. The average molecular weight is 497 g/mol. The van der Waals surface area contributed by atoms with Crippen molar-refractivity contribution in [2.45, 2.75) is 52.9 Å². The van der Waals surface area contributed by atoms with Crippen LogP contribution < -0.4 is 4.74 Å². The Kier molecular flexibility index (Phi) is 9.50. The number of unbranched alkanes of at least 4 members (excludes halogenated alkanes) is 2. The maximum atomic E-state index is 5.31. The third kappa shape index (κ3) is 6.66. The molecule has 0 N–H and O–H groups in total. The van der Waals surface area contributed by atoms with Crippen LogP contribution in [0.25, 0.3) is 28.1 Å². The summed E-state index contributed by atoms with van der Waals surface area (Å²) in [6.07, 6.45) is 5.75. The number of methoxy groups -OCH3 is 1. The molecule has 5 heteroatoms. The molecule has 0 fully saturated rings. The van der Waals surface area contributed by atoms with Crippen LogP contribution in [-0.2, 0) is 12.8 Å². The molecule has 0 aliphatic rings.